The predicted molar refractivity (Wildman–Crippen MR) is 86.5 cm³/mol. The fourth-order valence-electron chi connectivity index (χ4n) is 2.80. The molecule has 0 aliphatic carbocycles. The lowest BCUT2D eigenvalue weighted by Crippen LogP contribution is -2.34. The van der Waals surface area contributed by atoms with E-state index in [9.17, 15) is 5.11 Å². The second-order valence-electron chi connectivity index (χ2n) is 5.23. The molecule has 1 aliphatic heterocycles. The van der Waals surface area contributed by atoms with Gasteiger partial charge in [0.1, 0.15) is 0 Å². The van der Waals surface area contributed by atoms with E-state index in [-0.39, 0.29) is 0 Å². The molecule has 20 heavy (non-hydrogen) atoms. The van der Waals surface area contributed by atoms with Crippen molar-refractivity contribution in [3.8, 4) is 0 Å². The number of benzene rings is 1. The van der Waals surface area contributed by atoms with Gasteiger partial charge in [0.2, 0.25) is 0 Å². The third kappa shape index (κ3) is 2.65. The lowest BCUT2D eigenvalue weighted by molar-refractivity contribution is 0.203. The van der Waals surface area contributed by atoms with Crippen LogP contribution in [-0.2, 0) is 0 Å². The maximum atomic E-state index is 9.24. The van der Waals surface area contributed by atoms with Gasteiger partial charge in [0.05, 0.1) is 10.5 Å². The van der Waals surface area contributed by atoms with E-state index in [0.717, 1.165) is 41.3 Å². The number of hydrogen-bond acceptors (Lipinski definition) is 3. The Bertz CT molecular complexity index is 627. The molecule has 1 aliphatic rings. The minimum Gasteiger partial charge on any atom is -0.396 e. The largest absolute Gasteiger partial charge is 0.396 e. The zero-order valence-corrected chi connectivity index (χ0v) is 13.4. The van der Waals surface area contributed by atoms with Crippen LogP contribution in [0.3, 0.4) is 0 Å². The predicted octanol–water partition coefficient (Wildman–Crippen LogP) is 3.86. The van der Waals surface area contributed by atoms with Gasteiger partial charge in [0.25, 0.3) is 0 Å². The van der Waals surface area contributed by atoms with Gasteiger partial charge in [0, 0.05) is 41.4 Å². The molecule has 1 aromatic carbocycles. The van der Waals surface area contributed by atoms with Crippen LogP contribution in [0, 0.1) is 5.92 Å². The molecule has 2 heterocycles. The smallest absolute Gasteiger partial charge is 0.0909 e. The maximum Gasteiger partial charge on any atom is 0.0909 e. The number of rotatable bonds is 2. The summed E-state index contributed by atoms with van der Waals surface area (Å²) in [5.74, 6) is 0.440. The Morgan fingerprint density at radius 2 is 2.10 bits per heavy atom. The van der Waals surface area contributed by atoms with Crippen molar-refractivity contribution in [2.75, 3.05) is 24.6 Å². The molecule has 1 saturated heterocycles. The lowest BCUT2D eigenvalue weighted by Gasteiger charge is -2.33. The summed E-state index contributed by atoms with van der Waals surface area (Å²) in [6.07, 6.45) is 3.87. The van der Waals surface area contributed by atoms with E-state index in [2.05, 4.69) is 31.9 Å². The number of halogens is 2. The molecule has 0 saturated carbocycles. The molecule has 0 spiro atoms. The number of anilines is 1. The lowest BCUT2D eigenvalue weighted by atomic mass is 9.97. The van der Waals surface area contributed by atoms with Gasteiger partial charge in [-0.25, -0.2) is 0 Å². The van der Waals surface area contributed by atoms with E-state index < -0.39 is 0 Å². The van der Waals surface area contributed by atoms with Crippen molar-refractivity contribution in [3.63, 3.8) is 0 Å². The Hall–Kier alpha value is -0.840. The van der Waals surface area contributed by atoms with E-state index in [1.807, 2.05) is 18.3 Å². The highest BCUT2D eigenvalue weighted by Crippen LogP contribution is 2.34. The molecule has 1 fully saturated rings. The van der Waals surface area contributed by atoms with Crippen LogP contribution in [-0.4, -0.2) is 29.8 Å². The van der Waals surface area contributed by atoms with E-state index >= 15 is 0 Å². The summed E-state index contributed by atoms with van der Waals surface area (Å²) in [4.78, 5) is 6.75. The van der Waals surface area contributed by atoms with Gasteiger partial charge in [-0.1, -0.05) is 27.5 Å². The molecule has 0 unspecified atom stereocenters. The Labute approximate surface area is 131 Å². The Kier molecular flexibility index (Phi) is 4.15. The summed E-state index contributed by atoms with van der Waals surface area (Å²) in [5.41, 5.74) is 2.02. The first-order valence-corrected chi connectivity index (χ1v) is 7.95. The van der Waals surface area contributed by atoms with Crippen LogP contribution in [0.1, 0.15) is 12.8 Å². The summed E-state index contributed by atoms with van der Waals surface area (Å²) >= 11 is 9.77. The standard InChI is InChI=1S/C15H16BrClN2O/c16-11-7-12-14(1-4-18-15(12)13(17)8-11)19-5-2-10(9-20)3-6-19/h1,4,7-8,10,20H,2-3,5-6,9H2. The summed E-state index contributed by atoms with van der Waals surface area (Å²) in [6, 6.07) is 5.99. The molecule has 3 rings (SSSR count). The molecule has 5 heteroatoms. The van der Waals surface area contributed by atoms with Crippen LogP contribution in [0.5, 0.6) is 0 Å². The van der Waals surface area contributed by atoms with Crippen LogP contribution in [0.25, 0.3) is 10.9 Å². The van der Waals surface area contributed by atoms with Crippen molar-refractivity contribution in [1.82, 2.24) is 4.98 Å². The average Bonchev–Trinajstić information content (AvgIpc) is 2.47. The quantitative estimate of drug-likeness (QED) is 0.888. The van der Waals surface area contributed by atoms with Gasteiger partial charge in [-0.2, -0.15) is 0 Å². The first kappa shape index (κ1) is 14.1. The summed E-state index contributed by atoms with van der Waals surface area (Å²) in [5, 5.41) is 11.0. The van der Waals surface area contributed by atoms with Crippen LogP contribution in [0.2, 0.25) is 5.02 Å². The Morgan fingerprint density at radius 3 is 2.80 bits per heavy atom. The van der Waals surface area contributed by atoms with E-state index in [1.165, 1.54) is 5.69 Å². The Morgan fingerprint density at radius 1 is 1.35 bits per heavy atom. The second-order valence-corrected chi connectivity index (χ2v) is 6.55. The average molecular weight is 356 g/mol. The number of fused-ring (bicyclic) bond motifs is 1. The SMILES string of the molecule is OCC1CCN(c2ccnc3c(Cl)cc(Br)cc23)CC1. The van der Waals surface area contributed by atoms with Crippen LogP contribution >= 0.6 is 27.5 Å². The monoisotopic (exact) mass is 354 g/mol. The first-order chi connectivity index (χ1) is 9.69. The maximum absolute atomic E-state index is 9.24. The highest BCUT2D eigenvalue weighted by molar-refractivity contribution is 9.10. The molecule has 0 atom stereocenters. The van der Waals surface area contributed by atoms with Gasteiger partial charge in [0.15, 0.2) is 0 Å². The fraction of sp³-hybridized carbons (Fsp3) is 0.400. The fourth-order valence-corrected chi connectivity index (χ4v) is 3.65. The molecule has 106 valence electrons. The van der Waals surface area contributed by atoms with E-state index in [4.69, 9.17) is 11.6 Å². The van der Waals surface area contributed by atoms with Crippen molar-refractivity contribution in [3.05, 3.63) is 33.9 Å². The number of aliphatic hydroxyl groups is 1. The molecule has 1 aromatic heterocycles. The molecule has 2 aromatic rings. The van der Waals surface area contributed by atoms with Gasteiger partial charge < -0.3 is 10.0 Å². The molecule has 0 amide bonds. The number of aromatic nitrogens is 1. The highest BCUT2D eigenvalue weighted by atomic mass is 79.9. The number of piperidine rings is 1. The van der Waals surface area contributed by atoms with Crippen molar-refractivity contribution in [2.24, 2.45) is 5.92 Å². The number of nitrogens with zero attached hydrogens (tertiary/aromatic N) is 2. The van der Waals surface area contributed by atoms with Crippen molar-refractivity contribution < 1.29 is 5.11 Å². The number of hydrogen-bond donors (Lipinski definition) is 1. The summed E-state index contributed by atoms with van der Waals surface area (Å²) < 4.78 is 0.967. The summed E-state index contributed by atoms with van der Waals surface area (Å²) in [7, 11) is 0. The summed E-state index contributed by atoms with van der Waals surface area (Å²) in [6.45, 7) is 2.23. The molecule has 0 bridgehead atoms. The van der Waals surface area contributed by atoms with Gasteiger partial charge in [-0.05, 0) is 37.0 Å². The van der Waals surface area contributed by atoms with Crippen molar-refractivity contribution in [2.45, 2.75) is 12.8 Å². The van der Waals surface area contributed by atoms with Gasteiger partial charge in [-0.3, -0.25) is 4.98 Å². The second kappa shape index (κ2) is 5.88. The number of aliphatic hydroxyl groups excluding tert-OH is 1. The van der Waals surface area contributed by atoms with E-state index in [1.54, 1.807) is 0 Å². The van der Waals surface area contributed by atoms with Crippen LogP contribution in [0.4, 0.5) is 5.69 Å². The normalized spacial score (nSPS) is 16.9. The molecular formula is C15H16BrClN2O. The molecule has 3 nitrogen and oxygen atoms in total. The third-order valence-electron chi connectivity index (χ3n) is 3.95. The zero-order chi connectivity index (χ0) is 14.1. The Balaban J connectivity index is 2.00. The third-order valence-corrected chi connectivity index (χ3v) is 4.70. The van der Waals surface area contributed by atoms with Crippen LogP contribution in [0.15, 0.2) is 28.9 Å². The van der Waals surface area contributed by atoms with Crippen molar-refractivity contribution >= 4 is 44.1 Å². The minimum absolute atomic E-state index is 0.294. The van der Waals surface area contributed by atoms with Gasteiger partial charge in [-0.15, -0.1) is 0 Å². The topological polar surface area (TPSA) is 36.4 Å². The van der Waals surface area contributed by atoms with E-state index in [0.29, 0.717) is 17.5 Å². The highest BCUT2D eigenvalue weighted by Gasteiger charge is 2.20. The number of pyridine rings is 1. The van der Waals surface area contributed by atoms with Crippen molar-refractivity contribution in [1.29, 1.82) is 0 Å². The molecule has 0 radical (unpaired) electrons. The molecule has 1 N–H and O–H groups in total. The zero-order valence-electron chi connectivity index (χ0n) is 11.0. The minimum atomic E-state index is 0.294. The first-order valence-electron chi connectivity index (χ1n) is 6.78. The van der Waals surface area contributed by atoms with Gasteiger partial charge >= 0.3 is 0 Å². The molecular weight excluding hydrogens is 340 g/mol. The van der Waals surface area contributed by atoms with Crippen LogP contribution < -0.4 is 4.90 Å².